The van der Waals surface area contributed by atoms with Crippen LogP contribution in [-0.2, 0) is 13.0 Å². The molecule has 0 amide bonds. The van der Waals surface area contributed by atoms with E-state index in [1.165, 1.54) is 0 Å². The molecule has 96 valence electrons. The largest absolute Gasteiger partial charge is 0.472 e. The van der Waals surface area contributed by atoms with Crippen molar-refractivity contribution in [3.8, 4) is 5.88 Å². The molecule has 1 aromatic rings. The lowest BCUT2D eigenvalue weighted by Gasteiger charge is -2.24. The fourth-order valence-electron chi connectivity index (χ4n) is 1.53. The van der Waals surface area contributed by atoms with Crippen molar-refractivity contribution in [3.63, 3.8) is 0 Å². The van der Waals surface area contributed by atoms with E-state index < -0.39 is 0 Å². The van der Waals surface area contributed by atoms with E-state index in [1.807, 2.05) is 6.07 Å². The zero-order valence-electron chi connectivity index (χ0n) is 11.4. The van der Waals surface area contributed by atoms with Gasteiger partial charge in [0.2, 0.25) is 5.88 Å². The van der Waals surface area contributed by atoms with Gasteiger partial charge in [-0.05, 0) is 38.3 Å². The number of hydrogen-bond acceptors (Lipinski definition) is 3. The van der Waals surface area contributed by atoms with Crippen molar-refractivity contribution in [3.05, 3.63) is 23.4 Å². The standard InChI is InChI=1S/C14H24N2O/c1-5-7-12-8-11(10-15)9-13(16-12)17-14(3,4)6-2/h8-9H,5-7,10,15H2,1-4H3. The van der Waals surface area contributed by atoms with E-state index in [1.54, 1.807) is 0 Å². The molecule has 0 aliphatic carbocycles. The summed E-state index contributed by atoms with van der Waals surface area (Å²) in [7, 11) is 0. The highest BCUT2D eigenvalue weighted by molar-refractivity contribution is 5.25. The molecular weight excluding hydrogens is 212 g/mol. The minimum Gasteiger partial charge on any atom is -0.472 e. The Balaban J connectivity index is 2.94. The van der Waals surface area contributed by atoms with Crippen LogP contribution in [0.15, 0.2) is 12.1 Å². The summed E-state index contributed by atoms with van der Waals surface area (Å²) in [6.45, 7) is 8.93. The van der Waals surface area contributed by atoms with Crippen molar-refractivity contribution >= 4 is 0 Å². The van der Waals surface area contributed by atoms with Gasteiger partial charge in [-0.3, -0.25) is 0 Å². The maximum Gasteiger partial charge on any atom is 0.214 e. The molecule has 0 bridgehead atoms. The molecule has 1 rings (SSSR count). The highest BCUT2D eigenvalue weighted by Crippen LogP contribution is 2.21. The number of aromatic nitrogens is 1. The summed E-state index contributed by atoms with van der Waals surface area (Å²) < 4.78 is 5.91. The third-order valence-corrected chi connectivity index (χ3v) is 2.89. The van der Waals surface area contributed by atoms with Crippen LogP contribution in [0.5, 0.6) is 5.88 Å². The SMILES string of the molecule is CCCc1cc(CN)cc(OC(C)(C)CC)n1. The average molecular weight is 236 g/mol. The molecule has 0 aromatic carbocycles. The first kappa shape index (κ1) is 14.0. The van der Waals surface area contributed by atoms with E-state index >= 15 is 0 Å². The predicted molar refractivity (Wildman–Crippen MR) is 71.1 cm³/mol. The van der Waals surface area contributed by atoms with E-state index in [2.05, 4.69) is 38.7 Å². The van der Waals surface area contributed by atoms with Gasteiger partial charge in [-0.1, -0.05) is 20.3 Å². The third-order valence-electron chi connectivity index (χ3n) is 2.89. The molecule has 0 spiro atoms. The monoisotopic (exact) mass is 236 g/mol. The minimum absolute atomic E-state index is 0.177. The van der Waals surface area contributed by atoms with Gasteiger partial charge in [-0.25, -0.2) is 4.98 Å². The number of nitrogens with two attached hydrogens (primary N) is 1. The molecule has 1 heterocycles. The van der Waals surface area contributed by atoms with Crippen LogP contribution >= 0.6 is 0 Å². The maximum absolute atomic E-state index is 5.91. The molecule has 0 unspecified atom stereocenters. The molecule has 0 saturated heterocycles. The Hall–Kier alpha value is -1.09. The van der Waals surface area contributed by atoms with Crippen molar-refractivity contribution < 1.29 is 4.74 Å². The molecule has 0 radical (unpaired) electrons. The summed E-state index contributed by atoms with van der Waals surface area (Å²) in [5.74, 6) is 0.697. The molecule has 3 nitrogen and oxygen atoms in total. The van der Waals surface area contributed by atoms with Crippen LogP contribution in [0.4, 0.5) is 0 Å². The Morgan fingerprint density at radius 2 is 2.00 bits per heavy atom. The molecule has 1 aromatic heterocycles. The molecule has 0 aliphatic heterocycles. The fraction of sp³-hybridized carbons (Fsp3) is 0.643. The molecule has 0 fully saturated rings. The average Bonchev–Trinajstić information content (AvgIpc) is 2.28. The topological polar surface area (TPSA) is 48.1 Å². The second-order valence-corrected chi connectivity index (χ2v) is 4.97. The van der Waals surface area contributed by atoms with E-state index in [0.29, 0.717) is 12.4 Å². The number of rotatable bonds is 6. The number of pyridine rings is 1. The van der Waals surface area contributed by atoms with Gasteiger partial charge in [0.25, 0.3) is 0 Å². The van der Waals surface area contributed by atoms with Crippen molar-refractivity contribution in [2.45, 2.75) is 59.1 Å². The van der Waals surface area contributed by atoms with Crippen LogP contribution in [0.3, 0.4) is 0 Å². The fourth-order valence-corrected chi connectivity index (χ4v) is 1.53. The maximum atomic E-state index is 5.91. The summed E-state index contributed by atoms with van der Waals surface area (Å²) in [5, 5.41) is 0. The lowest BCUT2D eigenvalue weighted by Crippen LogP contribution is -2.27. The number of hydrogen-bond donors (Lipinski definition) is 1. The predicted octanol–water partition coefficient (Wildman–Crippen LogP) is 3.06. The van der Waals surface area contributed by atoms with E-state index in [-0.39, 0.29) is 5.60 Å². The lowest BCUT2D eigenvalue weighted by atomic mass is 10.1. The van der Waals surface area contributed by atoms with Crippen LogP contribution in [-0.4, -0.2) is 10.6 Å². The van der Waals surface area contributed by atoms with Crippen LogP contribution in [0.2, 0.25) is 0 Å². The third kappa shape index (κ3) is 4.35. The lowest BCUT2D eigenvalue weighted by molar-refractivity contribution is 0.0986. The van der Waals surface area contributed by atoms with Crippen molar-refractivity contribution in [2.75, 3.05) is 0 Å². The number of aryl methyl sites for hydroxylation is 1. The van der Waals surface area contributed by atoms with E-state index in [9.17, 15) is 0 Å². The molecule has 2 N–H and O–H groups in total. The van der Waals surface area contributed by atoms with Gasteiger partial charge in [0.05, 0.1) is 0 Å². The summed E-state index contributed by atoms with van der Waals surface area (Å²) in [6.07, 6.45) is 3.00. The van der Waals surface area contributed by atoms with Gasteiger partial charge in [-0.15, -0.1) is 0 Å². The van der Waals surface area contributed by atoms with Crippen LogP contribution < -0.4 is 10.5 Å². The Kier molecular flexibility index (Phi) is 4.94. The Morgan fingerprint density at radius 3 is 2.53 bits per heavy atom. The smallest absolute Gasteiger partial charge is 0.214 e. The summed E-state index contributed by atoms with van der Waals surface area (Å²) in [6, 6.07) is 4.01. The zero-order valence-corrected chi connectivity index (χ0v) is 11.4. The Bertz CT molecular complexity index is 361. The number of ether oxygens (including phenoxy) is 1. The minimum atomic E-state index is -0.177. The van der Waals surface area contributed by atoms with Gasteiger partial charge in [-0.2, -0.15) is 0 Å². The summed E-state index contributed by atoms with van der Waals surface area (Å²) in [4.78, 5) is 4.53. The number of nitrogens with zero attached hydrogens (tertiary/aromatic N) is 1. The Labute approximate surface area is 104 Å². The van der Waals surface area contributed by atoms with Crippen molar-refractivity contribution in [2.24, 2.45) is 5.73 Å². The molecule has 0 saturated carbocycles. The first-order chi connectivity index (χ1) is 8.00. The molecular formula is C14H24N2O. The molecule has 3 heteroatoms. The normalized spacial score (nSPS) is 11.6. The van der Waals surface area contributed by atoms with Crippen LogP contribution in [0.25, 0.3) is 0 Å². The Morgan fingerprint density at radius 1 is 1.29 bits per heavy atom. The second kappa shape index (κ2) is 6.01. The van der Waals surface area contributed by atoms with Crippen LogP contribution in [0, 0.1) is 0 Å². The first-order valence-electron chi connectivity index (χ1n) is 6.39. The first-order valence-corrected chi connectivity index (χ1v) is 6.39. The van der Waals surface area contributed by atoms with Gasteiger partial charge < -0.3 is 10.5 Å². The summed E-state index contributed by atoms with van der Waals surface area (Å²) >= 11 is 0. The van der Waals surface area contributed by atoms with E-state index in [0.717, 1.165) is 30.5 Å². The zero-order chi connectivity index (χ0) is 12.9. The molecule has 0 aliphatic rings. The van der Waals surface area contributed by atoms with Gasteiger partial charge in [0, 0.05) is 18.3 Å². The van der Waals surface area contributed by atoms with Gasteiger partial charge in [0.1, 0.15) is 5.60 Å². The molecule has 17 heavy (non-hydrogen) atoms. The van der Waals surface area contributed by atoms with Gasteiger partial charge >= 0.3 is 0 Å². The summed E-state index contributed by atoms with van der Waals surface area (Å²) in [5.41, 5.74) is 7.68. The van der Waals surface area contributed by atoms with Crippen molar-refractivity contribution in [1.82, 2.24) is 4.98 Å². The highest BCUT2D eigenvalue weighted by atomic mass is 16.5. The second-order valence-electron chi connectivity index (χ2n) is 4.97. The van der Waals surface area contributed by atoms with Gasteiger partial charge in [0.15, 0.2) is 0 Å². The van der Waals surface area contributed by atoms with E-state index in [4.69, 9.17) is 10.5 Å². The quantitative estimate of drug-likeness (QED) is 0.825. The van der Waals surface area contributed by atoms with Crippen molar-refractivity contribution in [1.29, 1.82) is 0 Å². The molecule has 0 atom stereocenters. The van der Waals surface area contributed by atoms with Crippen LogP contribution in [0.1, 0.15) is 51.8 Å². The highest BCUT2D eigenvalue weighted by Gasteiger charge is 2.18.